The van der Waals surface area contributed by atoms with E-state index in [4.69, 9.17) is 5.11 Å². The van der Waals surface area contributed by atoms with E-state index in [1.807, 2.05) is 24.6 Å². The second kappa shape index (κ2) is 7.15. The summed E-state index contributed by atoms with van der Waals surface area (Å²) in [6.07, 6.45) is 2.74. The molecule has 110 valence electrons. The highest BCUT2D eigenvalue weighted by Gasteiger charge is 2.07. The number of carbonyl (C=O) groups is 1. The molecule has 0 radical (unpaired) electrons. The summed E-state index contributed by atoms with van der Waals surface area (Å²) in [6.45, 7) is 1.32. The summed E-state index contributed by atoms with van der Waals surface area (Å²) in [7, 11) is 1.95. The molecule has 5 heteroatoms. The molecule has 1 aromatic heterocycles. The Hall–Kier alpha value is -1.98. The first-order valence-electron chi connectivity index (χ1n) is 6.45. The molecule has 0 bridgehead atoms. The lowest BCUT2D eigenvalue weighted by molar-refractivity contribution is -0.131. The topological polar surface area (TPSA) is 40.5 Å². The fourth-order valence-electron chi connectivity index (χ4n) is 2.04. The van der Waals surface area contributed by atoms with Gasteiger partial charge in [0.15, 0.2) is 0 Å². The monoisotopic (exact) mass is 305 g/mol. The Morgan fingerprint density at radius 2 is 2.19 bits per heavy atom. The van der Waals surface area contributed by atoms with Gasteiger partial charge in [0.25, 0.3) is 0 Å². The smallest absolute Gasteiger partial charge is 0.328 e. The molecule has 0 atom stereocenters. The van der Waals surface area contributed by atoms with Crippen molar-refractivity contribution < 1.29 is 14.3 Å². The molecule has 1 aromatic carbocycles. The molecule has 0 saturated heterocycles. The van der Waals surface area contributed by atoms with E-state index >= 15 is 0 Å². The van der Waals surface area contributed by atoms with E-state index in [0.29, 0.717) is 13.1 Å². The first-order chi connectivity index (χ1) is 10.0. The van der Waals surface area contributed by atoms with Gasteiger partial charge in [-0.3, -0.25) is 4.90 Å². The SMILES string of the molecule is CN(Cc1cccc(F)c1)Cc1sccc1C=CC(=O)O. The van der Waals surface area contributed by atoms with E-state index in [2.05, 4.69) is 4.90 Å². The van der Waals surface area contributed by atoms with Gasteiger partial charge in [0.1, 0.15) is 5.82 Å². The number of halogens is 1. The van der Waals surface area contributed by atoms with Crippen molar-refractivity contribution in [1.29, 1.82) is 0 Å². The molecular formula is C16H16FNO2S. The van der Waals surface area contributed by atoms with E-state index in [-0.39, 0.29) is 5.82 Å². The number of aliphatic carboxylic acids is 1. The maximum absolute atomic E-state index is 13.2. The van der Waals surface area contributed by atoms with Crippen LogP contribution in [0.5, 0.6) is 0 Å². The van der Waals surface area contributed by atoms with Gasteiger partial charge in [-0.1, -0.05) is 12.1 Å². The highest BCUT2D eigenvalue weighted by Crippen LogP contribution is 2.21. The van der Waals surface area contributed by atoms with E-state index in [0.717, 1.165) is 22.1 Å². The zero-order chi connectivity index (χ0) is 15.2. The van der Waals surface area contributed by atoms with Crippen LogP contribution >= 0.6 is 11.3 Å². The summed E-state index contributed by atoms with van der Waals surface area (Å²) < 4.78 is 13.2. The lowest BCUT2D eigenvalue weighted by atomic mass is 10.2. The Morgan fingerprint density at radius 1 is 1.38 bits per heavy atom. The van der Waals surface area contributed by atoms with Crippen LogP contribution in [0.3, 0.4) is 0 Å². The highest BCUT2D eigenvalue weighted by atomic mass is 32.1. The summed E-state index contributed by atoms with van der Waals surface area (Å²) in [6, 6.07) is 8.44. The van der Waals surface area contributed by atoms with Gasteiger partial charge < -0.3 is 5.11 Å². The minimum Gasteiger partial charge on any atom is -0.478 e. The van der Waals surface area contributed by atoms with Crippen LogP contribution in [-0.4, -0.2) is 23.0 Å². The van der Waals surface area contributed by atoms with Crippen molar-refractivity contribution in [3.63, 3.8) is 0 Å². The van der Waals surface area contributed by atoms with Gasteiger partial charge in [-0.05, 0) is 47.8 Å². The van der Waals surface area contributed by atoms with Crippen LogP contribution in [0.15, 0.2) is 41.8 Å². The van der Waals surface area contributed by atoms with Crippen molar-refractivity contribution >= 4 is 23.4 Å². The lowest BCUT2D eigenvalue weighted by Crippen LogP contribution is -2.17. The number of rotatable bonds is 6. The summed E-state index contributed by atoms with van der Waals surface area (Å²) in [5.74, 6) is -1.19. The van der Waals surface area contributed by atoms with Crippen LogP contribution in [0, 0.1) is 5.82 Å². The molecule has 2 rings (SSSR count). The number of carboxylic acids is 1. The van der Waals surface area contributed by atoms with E-state index < -0.39 is 5.97 Å². The Kier molecular flexibility index (Phi) is 5.25. The minimum absolute atomic E-state index is 0.234. The molecule has 0 aliphatic heterocycles. The standard InChI is InChI=1S/C16H16FNO2S/c1-18(10-12-3-2-4-14(17)9-12)11-15-13(7-8-21-15)5-6-16(19)20/h2-9H,10-11H2,1H3,(H,19,20). The molecule has 2 aromatic rings. The van der Waals surface area contributed by atoms with Crippen molar-refractivity contribution in [3.05, 3.63) is 63.6 Å². The third-order valence-corrected chi connectivity index (χ3v) is 3.86. The third kappa shape index (κ3) is 4.81. The van der Waals surface area contributed by atoms with Gasteiger partial charge in [0.2, 0.25) is 0 Å². The molecule has 1 heterocycles. The van der Waals surface area contributed by atoms with E-state index in [1.54, 1.807) is 23.5 Å². The molecule has 0 unspecified atom stereocenters. The average molecular weight is 305 g/mol. The first kappa shape index (κ1) is 15.4. The average Bonchev–Trinajstić information content (AvgIpc) is 2.83. The number of hydrogen-bond acceptors (Lipinski definition) is 3. The second-order valence-electron chi connectivity index (χ2n) is 4.77. The zero-order valence-corrected chi connectivity index (χ0v) is 12.4. The van der Waals surface area contributed by atoms with E-state index in [9.17, 15) is 9.18 Å². The van der Waals surface area contributed by atoms with Gasteiger partial charge in [-0.15, -0.1) is 11.3 Å². The summed E-state index contributed by atoms with van der Waals surface area (Å²) in [5, 5.41) is 10.6. The zero-order valence-electron chi connectivity index (χ0n) is 11.6. The Balaban J connectivity index is 2.01. The normalized spacial score (nSPS) is 11.4. The van der Waals surface area contributed by atoms with Crippen LogP contribution in [0.2, 0.25) is 0 Å². The number of thiophene rings is 1. The molecule has 0 aliphatic carbocycles. The summed E-state index contributed by atoms with van der Waals surface area (Å²) in [5.41, 5.74) is 1.82. The van der Waals surface area contributed by atoms with Crippen molar-refractivity contribution in [2.45, 2.75) is 13.1 Å². The Bertz CT molecular complexity index is 651. The first-order valence-corrected chi connectivity index (χ1v) is 7.33. The molecule has 0 saturated carbocycles. The summed E-state index contributed by atoms with van der Waals surface area (Å²) in [4.78, 5) is 13.7. The Morgan fingerprint density at radius 3 is 2.90 bits per heavy atom. The largest absolute Gasteiger partial charge is 0.478 e. The number of benzene rings is 1. The van der Waals surface area contributed by atoms with Crippen molar-refractivity contribution in [3.8, 4) is 0 Å². The maximum Gasteiger partial charge on any atom is 0.328 e. The van der Waals surface area contributed by atoms with Gasteiger partial charge in [-0.25, -0.2) is 9.18 Å². The lowest BCUT2D eigenvalue weighted by Gasteiger charge is -2.16. The predicted octanol–water partition coefficient (Wildman–Crippen LogP) is 3.62. The quantitative estimate of drug-likeness (QED) is 0.829. The van der Waals surface area contributed by atoms with Crippen LogP contribution in [0.25, 0.3) is 6.08 Å². The minimum atomic E-state index is -0.958. The van der Waals surface area contributed by atoms with Gasteiger partial charge in [-0.2, -0.15) is 0 Å². The van der Waals surface area contributed by atoms with Crippen molar-refractivity contribution in [2.75, 3.05) is 7.05 Å². The molecular weight excluding hydrogens is 289 g/mol. The third-order valence-electron chi connectivity index (χ3n) is 2.94. The van der Waals surface area contributed by atoms with Crippen LogP contribution in [0.4, 0.5) is 4.39 Å². The number of carboxylic acid groups (broad SMARTS) is 1. The fraction of sp³-hybridized carbons (Fsp3) is 0.188. The van der Waals surface area contributed by atoms with E-state index in [1.165, 1.54) is 12.1 Å². The molecule has 0 amide bonds. The maximum atomic E-state index is 13.2. The predicted molar refractivity (Wildman–Crippen MR) is 82.6 cm³/mol. The van der Waals surface area contributed by atoms with Crippen LogP contribution in [0.1, 0.15) is 16.0 Å². The van der Waals surface area contributed by atoms with Crippen molar-refractivity contribution in [1.82, 2.24) is 4.90 Å². The number of hydrogen-bond donors (Lipinski definition) is 1. The van der Waals surface area contributed by atoms with Gasteiger partial charge in [0.05, 0.1) is 0 Å². The van der Waals surface area contributed by atoms with Crippen LogP contribution in [-0.2, 0) is 17.9 Å². The van der Waals surface area contributed by atoms with Gasteiger partial charge in [0, 0.05) is 24.0 Å². The van der Waals surface area contributed by atoms with Crippen LogP contribution < -0.4 is 0 Å². The Labute approximate surface area is 127 Å². The fourth-order valence-corrected chi connectivity index (χ4v) is 2.98. The van der Waals surface area contributed by atoms with Gasteiger partial charge >= 0.3 is 5.97 Å². The summed E-state index contributed by atoms with van der Waals surface area (Å²) >= 11 is 1.58. The molecule has 3 nitrogen and oxygen atoms in total. The molecule has 0 spiro atoms. The second-order valence-corrected chi connectivity index (χ2v) is 5.77. The molecule has 0 fully saturated rings. The highest BCUT2D eigenvalue weighted by molar-refractivity contribution is 7.10. The number of nitrogens with zero attached hydrogens (tertiary/aromatic N) is 1. The van der Waals surface area contributed by atoms with Crippen molar-refractivity contribution in [2.24, 2.45) is 0 Å². The molecule has 0 aliphatic rings. The molecule has 21 heavy (non-hydrogen) atoms. The molecule has 1 N–H and O–H groups in total.